The van der Waals surface area contributed by atoms with Gasteiger partial charge in [0.15, 0.2) is 0 Å². The van der Waals surface area contributed by atoms with E-state index in [1.807, 2.05) is 42.5 Å². The minimum atomic E-state index is -0.475. The molecule has 2 aromatic rings. The van der Waals surface area contributed by atoms with Gasteiger partial charge in [-0.15, -0.1) is 0 Å². The van der Waals surface area contributed by atoms with Crippen LogP contribution in [0.25, 0.3) is 0 Å². The molecule has 2 N–H and O–H groups in total. The summed E-state index contributed by atoms with van der Waals surface area (Å²) in [6.07, 6.45) is -0.475. The highest BCUT2D eigenvalue weighted by molar-refractivity contribution is 5.67. The Morgan fingerprint density at radius 3 is 2.59 bits per heavy atom. The van der Waals surface area contributed by atoms with Gasteiger partial charge in [-0.25, -0.2) is 4.79 Å². The number of carbonyl (C=O) groups excluding carboxylic acids is 1. The van der Waals surface area contributed by atoms with Crippen LogP contribution in [0.15, 0.2) is 54.6 Å². The van der Waals surface area contributed by atoms with E-state index in [1.54, 1.807) is 12.1 Å². The molecule has 116 valence electrons. The molecule has 2 rings (SSSR count). The fourth-order valence-corrected chi connectivity index (χ4v) is 1.83. The Balaban J connectivity index is 1.62. The number of aliphatic hydroxyl groups is 1. The summed E-state index contributed by atoms with van der Waals surface area (Å²) in [6, 6.07) is 16.7. The molecule has 5 nitrogen and oxygen atoms in total. The Hall–Kier alpha value is -2.53. The molecule has 0 unspecified atom stereocenters. The Morgan fingerprint density at radius 1 is 1.05 bits per heavy atom. The molecular formula is C17H19NO4. The number of hydrogen-bond acceptors (Lipinski definition) is 4. The van der Waals surface area contributed by atoms with Gasteiger partial charge < -0.3 is 19.9 Å². The lowest BCUT2D eigenvalue weighted by Gasteiger charge is -2.09. The van der Waals surface area contributed by atoms with Gasteiger partial charge in [0.2, 0.25) is 0 Å². The van der Waals surface area contributed by atoms with E-state index in [0.717, 1.165) is 11.1 Å². The molecule has 0 atom stereocenters. The number of rotatable bonds is 7. The highest BCUT2D eigenvalue weighted by atomic mass is 16.5. The third-order valence-electron chi connectivity index (χ3n) is 2.93. The fraction of sp³-hybridized carbons (Fsp3) is 0.235. The lowest BCUT2D eigenvalue weighted by Crippen LogP contribution is -2.28. The van der Waals surface area contributed by atoms with Crippen molar-refractivity contribution in [3.63, 3.8) is 0 Å². The first-order chi connectivity index (χ1) is 10.8. The second-order valence-corrected chi connectivity index (χ2v) is 4.64. The predicted molar refractivity (Wildman–Crippen MR) is 82.5 cm³/mol. The summed E-state index contributed by atoms with van der Waals surface area (Å²) in [7, 11) is 0. The topological polar surface area (TPSA) is 67.8 Å². The van der Waals surface area contributed by atoms with Crippen LogP contribution >= 0.6 is 0 Å². The van der Waals surface area contributed by atoms with Gasteiger partial charge in [0.1, 0.15) is 19.0 Å². The summed E-state index contributed by atoms with van der Waals surface area (Å²) < 4.78 is 10.6. The SMILES string of the molecule is O=C(NCCOc1cccc(CO)c1)OCc1ccccc1. The van der Waals surface area contributed by atoms with Crippen molar-refractivity contribution in [3.05, 3.63) is 65.7 Å². The van der Waals surface area contributed by atoms with Crippen molar-refractivity contribution in [2.45, 2.75) is 13.2 Å². The molecule has 0 aliphatic rings. The van der Waals surface area contributed by atoms with Gasteiger partial charge in [-0.3, -0.25) is 0 Å². The van der Waals surface area contributed by atoms with E-state index in [2.05, 4.69) is 5.32 Å². The summed E-state index contributed by atoms with van der Waals surface area (Å²) in [5, 5.41) is 11.6. The van der Waals surface area contributed by atoms with Crippen LogP contribution in [0.1, 0.15) is 11.1 Å². The molecule has 0 heterocycles. The molecule has 0 aliphatic carbocycles. The average Bonchev–Trinajstić information content (AvgIpc) is 2.58. The standard InChI is InChI=1S/C17H19NO4/c19-12-15-7-4-8-16(11-15)21-10-9-18-17(20)22-13-14-5-2-1-3-6-14/h1-8,11,19H,9-10,12-13H2,(H,18,20). The molecule has 0 aliphatic heterocycles. The lowest BCUT2D eigenvalue weighted by molar-refractivity contribution is 0.137. The van der Waals surface area contributed by atoms with Crippen molar-refractivity contribution >= 4 is 6.09 Å². The second-order valence-electron chi connectivity index (χ2n) is 4.64. The number of carbonyl (C=O) groups is 1. The molecule has 0 radical (unpaired) electrons. The van der Waals surface area contributed by atoms with Gasteiger partial charge in [0, 0.05) is 0 Å². The highest BCUT2D eigenvalue weighted by Crippen LogP contribution is 2.12. The molecule has 5 heteroatoms. The van der Waals surface area contributed by atoms with Crippen LogP contribution in [0.4, 0.5) is 4.79 Å². The molecule has 2 aromatic carbocycles. The summed E-state index contributed by atoms with van der Waals surface area (Å²) in [6.45, 7) is 0.889. The molecule has 0 fully saturated rings. The van der Waals surface area contributed by atoms with Gasteiger partial charge in [-0.1, -0.05) is 42.5 Å². The highest BCUT2D eigenvalue weighted by Gasteiger charge is 2.02. The van der Waals surface area contributed by atoms with Crippen molar-refractivity contribution in [1.29, 1.82) is 0 Å². The summed E-state index contributed by atoms with van der Waals surface area (Å²) in [4.78, 5) is 11.5. The Labute approximate surface area is 129 Å². The monoisotopic (exact) mass is 301 g/mol. The summed E-state index contributed by atoms with van der Waals surface area (Å²) in [5.74, 6) is 0.658. The Kier molecular flexibility index (Phi) is 6.26. The van der Waals surface area contributed by atoms with Gasteiger partial charge in [-0.2, -0.15) is 0 Å². The van der Waals surface area contributed by atoms with Crippen LogP contribution in [0.2, 0.25) is 0 Å². The minimum absolute atomic E-state index is 0.0265. The van der Waals surface area contributed by atoms with Crippen LogP contribution < -0.4 is 10.1 Å². The van der Waals surface area contributed by atoms with E-state index in [9.17, 15) is 4.79 Å². The maximum atomic E-state index is 11.5. The normalized spacial score (nSPS) is 10.0. The number of nitrogens with one attached hydrogen (secondary N) is 1. The number of amides is 1. The van der Waals surface area contributed by atoms with Crippen molar-refractivity contribution in [2.75, 3.05) is 13.2 Å². The Bertz CT molecular complexity index is 586. The van der Waals surface area contributed by atoms with Crippen LogP contribution in [-0.2, 0) is 18.0 Å². The van der Waals surface area contributed by atoms with E-state index in [1.165, 1.54) is 0 Å². The number of ether oxygens (including phenoxy) is 2. The maximum absolute atomic E-state index is 11.5. The van der Waals surface area contributed by atoms with Crippen molar-refractivity contribution in [2.24, 2.45) is 0 Å². The Morgan fingerprint density at radius 2 is 1.82 bits per heavy atom. The first-order valence-electron chi connectivity index (χ1n) is 7.05. The zero-order chi connectivity index (χ0) is 15.6. The number of aliphatic hydroxyl groups excluding tert-OH is 1. The zero-order valence-corrected chi connectivity index (χ0v) is 12.2. The second kappa shape index (κ2) is 8.69. The van der Waals surface area contributed by atoms with Crippen molar-refractivity contribution in [1.82, 2.24) is 5.32 Å². The molecule has 0 saturated carbocycles. The van der Waals surface area contributed by atoms with E-state index in [4.69, 9.17) is 14.6 Å². The predicted octanol–water partition coefficient (Wildman–Crippen LogP) is 2.48. The maximum Gasteiger partial charge on any atom is 0.407 e. The number of alkyl carbamates (subject to hydrolysis) is 1. The summed E-state index contributed by atoms with van der Waals surface area (Å²) in [5.41, 5.74) is 1.72. The van der Waals surface area contributed by atoms with Gasteiger partial charge >= 0.3 is 6.09 Å². The quantitative estimate of drug-likeness (QED) is 0.771. The van der Waals surface area contributed by atoms with Gasteiger partial charge in [0.05, 0.1) is 13.2 Å². The van der Waals surface area contributed by atoms with Gasteiger partial charge in [-0.05, 0) is 23.3 Å². The van der Waals surface area contributed by atoms with Crippen LogP contribution in [-0.4, -0.2) is 24.4 Å². The zero-order valence-electron chi connectivity index (χ0n) is 12.2. The van der Waals surface area contributed by atoms with E-state index in [-0.39, 0.29) is 13.2 Å². The third kappa shape index (κ3) is 5.46. The largest absolute Gasteiger partial charge is 0.492 e. The fourth-order valence-electron chi connectivity index (χ4n) is 1.83. The smallest absolute Gasteiger partial charge is 0.407 e. The molecule has 0 spiro atoms. The average molecular weight is 301 g/mol. The molecule has 0 saturated heterocycles. The molecule has 1 amide bonds. The minimum Gasteiger partial charge on any atom is -0.492 e. The van der Waals surface area contributed by atoms with Crippen LogP contribution in [0.3, 0.4) is 0 Å². The van der Waals surface area contributed by atoms with Crippen molar-refractivity contribution in [3.8, 4) is 5.75 Å². The van der Waals surface area contributed by atoms with Crippen LogP contribution in [0.5, 0.6) is 5.75 Å². The van der Waals surface area contributed by atoms with Gasteiger partial charge in [0.25, 0.3) is 0 Å². The summed E-state index contributed by atoms with van der Waals surface area (Å²) >= 11 is 0. The molecule has 0 aromatic heterocycles. The van der Waals surface area contributed by atoms with E-state index >= 15 is 0 Å². The first kappa shape index (κ1) is 15.9. The third-order valence-corrected chi connectivity index (χ3v) is 2.93. The lowest BCUT2D eigenvalue weighted by atomic mass is 10.2. The van der Waals surface area contributed by atoms with Crippen molar-refractivity contribution < 1.29 is 19.4 Å². The van der Waals surface area contributed by atoms with E-state index in [0.29, 0.717) is 18.9 Å². The number of hydrogen-bond donors (Lipinski definition) is 2. The molecule has 0 bridgehead atoms. The molecule has 22 heavy (non-hydrogen) atoms. The van der Waals surface area contributed by atoms with E-state index < -0.39 is 6.09 Å². The molecular weight excluding hydrogens is 282 g/mol. The van der Waals surface area contributed by atoms with Crippen LogP contribution in [0, 0.1) is 0 Å². The first-order valence-corrected chi connectivity index (χ1v) is 7.05. The number of benzene rings is 2.